The normalized spacial score (nSPS) is 10.6. The number of amides is 1. The molecule has 0 atom stereocenters. The molecule has 0 saturated carbocycles. The van der Waals surface area contributed by atoms with Crippen molar-refractivity contribution in [3.63, 3.8) is 0 Å². The lowest BCUT2D eigenvalue weighted by Crippen LogP contribution is -2.31. The van der Waals surface area contributed by atoms with Crippen LogP contribution in [0.25, 0.3) is 5.69 Å². The Hall–Kier alpha value is -3.35. The van der Waals surface area contributed by atoms with Crippen molar-refractivity contribution in [3.8, 4) is 17.2 Å². The molecule has 0 radical (unpaired) electrons. The maximum Gasteiger partial charge on any atom is 0.276 e. The summed E-state index contributed by atoms with van der Waals surface area (Å²) in [6.07, 6.45) is 0. The third kappa shape index (κ3) is 3.98. The average molecular weight is 380 g/mol. The Kier molecular flexibility index (Phi) is 5.93. The Morgan fingerprint density at radius 3 is 2.39 bits per heavy atom. The Morgan fingerprint density at radius 1 is 1.04 bits per heavy atom. The van der Waals surface area contributed by atoms with Gasteiger partial charge in [0.25, 0.3) is 5.91 Å². The molecule has 146 valence electrons. The highest BCUT2D eigenvalue weighted by molar-refractivity contribution is 5.93. The third-order valence-electron chi connectivity index (χ3n) is 4.46. The summed E-state index contributed by atoms with van der Waals surface area (Å²) in [7, 11) is 3.19. The first kappa shape index (κ1) is 19.4. The van der Waals surface area contributed by atoms with Crippen molar-refractivity contribution in [1.29, 1.82) is 0 Å². The van der Waals surface area contributed by atoms with Gasteiger partial charge >= 0.3 is 0 Å². The van der Waals surface area contributed by atoms with Gasteiger partial charge in [-0.3, -0.25) is 4.79 Å². The molecule has 2 aromatic carbocycles. The summed E-state index contributed by atoms with van der Waals surface area (Å²) >= 11 is 0. The summed E-state index contributed by atoms with van der Waals surface area (Å²) in [5.41, 5.74) is 2.71. The number of benzene rings is 2. The molecule has 0 unspecified atom stereocenters. The van der Waals surface area contributed by atoms with Gasteiger partial charge in [-0.25, -0.2) is 0 Å². The number of rotatable bonds is 7. The fourth-order valence-corrected chi connectivity index (χ4v) is 2.93. The lowest BCUT2D eigenvalue weighted by molar-refractivity contribution is 0.0745. The highest BCUT2D eigenvalue weighted by Gasteiger charge is 2.22. The highest BCUT2D eigenvalue weighted by Crippen LogP contribution is 2.28. The van der Waals surface area contributed by atoms with Gasteiger partial charge in [-0.2, -0.15) is 9.90 Å². The second kappa shape index (κ2) is 8.56. The molecule has 0 saturated heterocycles. The van der Waals surface area contributed by atoms with Crippen LogP contribution in [0.3, 0.4) is 0 Å². The van der Waals surface area contributed by atoms with Crippen molar-refractivity contribution in [2.75, 3.05) is 20.8 Å². The van der Waals surface area contributed by atoms with Crippen LogP contribution in [0, 0.1) is 6.92 Å². The molecule has 1 amide bonds. The molecule has 7 nitrogen and oxygen atoms in total. The lowest BCUT2D eigenvalue weighted by atomic mass is 10.1. The molecular weight excluding hydrogens is 356 g/mol. The molecule has 0 aliphatic rings. The van der Waals surface area contributed by atoms with E-state index >= 15 is 0 Å². The van der Waals surface area contributed by atoms with E-state index in [1.165, 1.54) is 4.80 Å². The average Bonchev–Trinajstić information content (AvgIpc) is 3.13. The van der Waals surface area contributed by atoms with Gasteiger partial charge in [0.15, 0.2) is 17.2 Å². The predicted octanol–water partition coefficient (Wildman–Crippen LogP) is 3.26. The topological polar surface area (TPSA) is 69.5 Å². The molecule has 0 bridgehead atoms. The van der Waals surface area contributed by atoms with Gasteiger partial charge in [-0.1, -0.05) is 24.3 Å². The van der Waals surface area contributed by atoms with E-state index < -0.39 is 0 Å². The molecule has 28 heavy (non-hydrogen) atoms. The number of carbonyl (C=O) groups is 1. The van der Waals surface area contributed by atoms with E-state index in [1.807, 2.05) is 55.5 Å². The second-order valence-corrected chi connectivity index (χ2v) is 6.27. The van der Waals surface area contributed by atoms with E-state index in [1.54, 1.807) is 26.0 Å². The van der Waals surface area contributed by atoms with Crippen LogP contribution in [0.5, 0.6) is 11.5 Å². The number of carbonyl (C=O) groups excluding carboxylic acids is 1. The van der Waals surface area contributed by atoms with Gasteiger partial charge in [0, 0.05) is 13.1 Å². The van der Waals surface area contributed by atoms with E-state index in [0.717, 1.165) is 11.3 Å². The van der Waals surface area contributed by atoms with Crippen LogP contribution in [0.15, 0.2) is 48.5 Å². The van der Waals surface area contributed by atoms with Crippen LogP contribution in [0.1, 0.15) is 28.7 Å². The summed E-state index contributed by atoms with van der Waals surface area (Å²) in [4.78, 5) is 16.3. The molecule has 1 aromatic heterocycles. The summed E-state index contributed by atoms with van der Waals surface area (Å²) in [5, 5.41) is 8.82. The van der Waals surface area contributed by atoms with Crippen molar-refractivity contribution in [3.05, 3.63) is 65.5 Å². The van der Waals surface area contributed by atoms with Gasteiger partial charge < -0.3 is 14.4 Å². The van der Waals surface area contributed by atoms with Gasteiger partial charge in [-0.15, -0.1) is 5.10 Å². The zero-order valence-corrected chi connectivity index (χ0v) is 16.5. The van der Waals surface area contributed by atoms with Crippen molar-refractivity contribution in [2.45, 2.75) is 20.4 Å². The van der Waals surface area contributed by atoms with Gasteiger partial charge in [-0.05, 0) is 43.7 Å². The Bertz CT molecular complexity index is 954. The number of hydrogen-bond donors (Lipinski definition) is 0. The fraction of sp³-hybridized carbons (Fsp3) is 0.286. The molecule has 3 aromatic rings. The molecule has 0 aliphatic heterocycles. The van der Waals surface area contributed by atoms with E-state index in [0.29, 0.717) is 36.0 Å². The smallest absolute Gasteiger partial charge is 0.276 e. The minimum atomic E-state index is -0.156. The van der Waals surface area contributed by atoms with Crippen LogP contribution in [0.4, 0.5) is 0 Å². The zero-order valence-electron chi connectivity index (χ0n) is 16.5. The van der Waals surface area contributed by atoms with Crippen molar-refractivity contribution in [2.24, 2.45) is 0 Å². The number of para-hydroxylation sites is 1. The summed E-state index contributed by atoms with van der Waals surface area (Å²) < 4.78 is 10.6. The quantitative estimate of drug-likeness (QED) is 0.629. The maximum atomic E-state index is 13.1. The molecule has 0 N–H and O–H groups in total. The lowest BCUT2D eigenvalue weighted by Gasteiger charge is -2.20. The number of nitrogens with zero attached hydrogens (tertiary/aromatic N) is 4. The van der Waals surface area contributed by atoms with Crippen LogP contribution in [0.2, 0.25) is 0 Å². The van der Waals surface area contributed by atoms with Gasteiger partial charge in [0.2, 0.25) is 0 Å². The first-order valence-corrected chi connectivity index (χ1v) is 9.07. The standard InChI is InChI=1S/C21H24N4O3/c1-5-24(14-16-11-12-18(27-3)19(13-16)28-4)21(26)20-15(2)22-25(23-20)17-9-7-6-8-10-17/h6-13H,5,14H2,1-4H3. The SMILES string of the molecule is CCN(Cc1ccc(OC)c(OC)c1)C(=O)c1nn(-c2ccccc2)nc1C. The molecule has 7 heteroatoms. The summed E-state index contributed by atoms with van der Waals surface area (Å²) in [6.45, 7) is 4.72. The largest absolute Gasteiger partial charge is 0.493 e. The zero-order chi connectivity index (χ0) is 20.1. The highest BCUT2D eigenvalue weighted by atomic mass is 16.5. The molecule has 3 rings (SSSR count). The fourth-order valence-electron chi connectivity index (χ4n) is 2.93. The second-order valence-electron chi connectivity index (χ2n) is 6.27. The molecule has 0 fully saturated rings. The summed E-state index contributed by atoms with van der Waals surface area (Å²) in [5.74, 6) is 1.13. The Labute approximate surface area is 164 Å². The molecule has 0 aliphatic carbocycles. The van der Waals surface area contributed by atoms with E-state index in [4.69, 9.17) is 9.47 Å². The van der Waals surface area contributed by atoms with E-state index in [9.17, 15) is 4.79 Å². The number of aromatic nitrogens is 3. The Balaban J connectivity index is 1.83. The van der Waals surface area contributed by atoms with Gasteiger partial charge in [0.1, 0.15) is 0 Å². The Morgan fingerprint density at radius 2 is 1.75 bits per heavy atom. The minimum absolute atomic E-state index is 0.156. The van der Waals surface area contributed by atoms with Crippen LogP contribution in [-0.2, 0) is 6.54 Å². The van der Waals surface area contributed by atoms with Crippen LogP contribution in [-0.4, -0.2) is 46.6 Å². The monoisotopic (exact) mass is 380 g/mol. The van der Waals surface area contributed by atoms with Crippen molar-refractivity contribution in [1.82, 2.24) is 19.9 Å². The first-order chi connectivity index (χ1) is 13.6. The van der Waals surface area contributed by atoms with Gasteiger partial charge in [0.05, 0.1) is 25.6 Å². The van der Waals surface area contributed by atoms with E-state index in [-0.39, 0.29) is 5.91 Å². The van der Waals surface area contributed by atoms with Crippen LogP contribution < -0.4 is 9.47 Å². The number of aryl methyl sites for hydroxylation is 1. The van der Waals surface area contributed by atoms with Crippen molar-refractivity contribution >= 4 is 5.91 Å². The minimum Gasteiger partial charge on any atom is -0.493 e. The predicted molar refractivity (Wildman–Crippen MR) is 106 cm³/mol. The molecule has 1 heterocycles. The first-order valence-electron chi connectivity index (χ1n) is 9.07. The van der Waals surface area contributed by atoms with Crippen molar-refractivity contribution < 1.29 is 14.3 Å². The third-order valence-corrected chi connectivity index (χ3v) is 4.46. The number of hydrogen-bond acceptors (Lipinski definition) is 5. The molecular formula is C21H24N4O3. The molecule has 0 spiro atoms. The van der Waals surface area contributed by atoms with Crippen LogP contribution >= 0.6 is 0 Å². The van der Waals surface area contributed by atoms with E-state index in [2.05, 4.69) is 10.2 Å². The summed E-state index contributed by atoms with van der Waals surface area (Å²) in [6, 6.07) is 15.2. The number of methoxy groups -OCH3 is 2. The maximum absolute atomic E-state index is 13.1. The number of ether oxygens (including phenoxy) is 2.